The molecule has 2 aliphatic rings. The van der Waals surface area contributed by atoms with Crippen LogP contribution in [0.2, 0.25) is 0 Å². The summed E-state index contributed by atoms with van der Waals surface area (Å²) in [7, 11) is 0. The number of amides is 1. The Hall–Kier alpha value is -1.79. The Morgan fingerprint density at radius 3 is 3.12 bits per heavy atom. The molecule has 0 radical (unpaired) electrons. The Balaban J connectivity index is 1.55. The topological polar surface area (TPSA) is 42.4 Å². The van der Waals surface area contributed by atoms with Crippen LogP contribution in [0.25, 0.3) is 0 Å². The minimum Gasteiger partial charge on any atom is -0.371 e. The second-order valence-electron chi connectivity index (χ2n) is 6.33. The summed E-state index contributed by atoms with van der Waals surface area (Å²) in [5, 5.41) is 0.892. The molecule has 1 fully saturated rings. The lowest BCUT2D eigenvalue weighted by Gasteiger charge is -2.35. The lowest BCUT2D eigenvalue weighted by molar-refractivity contribution is 0.0682. The van der Waals surface area contributed by atoms with Crippen LogP contribution in [0.4, 0.5) is 4.39 Å². The van der Waals surface area contributed by atoms with Crippen molar-refractivity contribution in [2.24, 2.45) is 0 Å². The fourth-order valence-corrected chi connectivity index (χ4v) is 4.49. The summed E-state index contributed by atoms with van der Waals surface area (Å²) in [6.45, 7) is 3.36. The van der Waals surface area contributed by atoms with Gasteiger partial charge >= 0.3 is 0 Å². The van der Waals surface area contributed by atoms with Crippen molar-refractivity contribution in [2.45, 2.75) is 38.3 Å². The van der Waals surface area contributed by atoms with Gasteiger partial charge in [-0.2, -0.15) is 0 Å². The molecule has 2 aliphatic heterocycles. The summed E-state index contributed by atoms with van der Waals surface area (Å²) in [4.78, 5) is 19.8. The summed E-state index contributed by atoms with van der Waals surface area (Å²) in [6, 6.07) is 4.77. The van der Waals surface area contributed by atoms with Gasteiger partial charge in [-0.25, -0.2) is 9.37 Å². The number of ether oxygens (including phenoxy) is 1. The first-order chi connectivity index (χ1) is 11.6. The average Bonchev–Trinajstić information content (AvgIpc) is 3.26. The van der Waals surface area contributed by atoms with Crippen LogP contribution in [0.3, 0.4) is 0 Å². The molecule has 0 saturated carbocycles. The fourth-order valence-electron chi connectivity index (χ4n) is 3.53. The molecule has 126 valence electrons. The highest BCUT2D eigenvalue weighted by atomic mass is 32.1. The number of hydrogen-bond acceptors (Lipinski definition) is 4. The van der Waals surface area contributed by atoms with E-state index in [1.54, 1.807) is 18.3 Å². The first-order valence-corrected chi connectivity index (χ1v) is 9.12. The van der Waals surface area contributed by atoms with Gasteiger partial charge in [-0.1, -0.05) is 6.07 Å². The molecule has 2 atom stereocenters. The molecule has 0 bridgehead atoms. The summed E-state index contributed by atoms with van der Waals surface area (Å²) in [6.07, 6.45) is 4.40. The second kappa shape index (κ2) is 6.26. The number of nitrogens with zero attached hydrogens (tertiary/aromatic N) is 2. The Labute approximate surface area is 144 Å². The maximum atomic E-state index is 13.4. The molecule has 1 amide bonds. The Morgan fingerprint density at radius 1 is 1.46 bits per heavy atom. The highest BCUT2D eigenvalue weighted by Crippen LogP contribution is 2.34. The summed E-state index contributed by atoms with van der Waals surface area (Å²) in [5.74, 6) is -0.219. The Kier molecular flexibility index (Phi) is 4.10. The molecule has 1 saturated heterocycles. The minimum absolute atomic E-state index is 0.000720. The van der Waals surface area contributed by atoms with Crippen LogP contribution in [0.1, 0.15) is 57.7 Å². The Bertz CT molecular complexity index is 770. The maximum absolute atomic E-state index is 13.4. The van der Waals surface area contributed by atoms with Crippen LogP contribution in [-0.4, -0.2) is 28.9 Å². The van der Waals surface area contributed by atoms with Gasteiger partial charge in [0, 0.05) is 13.2 Å². The van der Waals surface area contributed by atoms with E-state index in [4.69, 9.17) is 4.74 Å². The van der Waals surface area contributed by atoms with Gasteiger partial charge < -0.3 is 9.64 Å². The quantitative estimate of drug-likeness (QED) is 0.828. The number of carbonyl (C=O) groups excluding carboxylic acids is 1. The zero-order valence-electron chi connectivity index (χ0n) is 13.5. The fraction of sp³-hybridized carbons (Fsp3) is 0.444. The van der Waals surface area contributed by atoms with E-state index in [9.17, 15) is 9.18 Å². The van der Waals surface area contributed by atoms with E-state index in [2.05, 4.69) is 4.98 Å². The van der Waals surface area contributed by atoms with E-state index in [0.717, 1.165) is 35.6 Å². The van der Waals surface area contributed by atoms with Gasteiger partial charge in [-0.15, -0.1) is 11.3 Å². The first kappa shape index (κ1) is 15.7. The molecule has 0 N–H and O–H groups in total. The monoisotopic (exact) mass is 346 g/mol. The highest BCUT2D eigenvalue weighted by molar-refractivity contribution is 7.13. The highest BCUT2D eigenvalue weighted by Gasteiger charge is 2.30. The molecular formula is C18H19FN2O2S. The van der Waals surface area contributed by atoms with Crippen molar-refractivity contribution in [1.29, 1.82) is 0 Å². The number of thiazole rings is 1. The van der Waals surface area contributed by atoms with Gasteiger partial charge in [0.1, 0.15) is 21.8 Å². The van der Waals surface area contributed by atoms with Crippen LogP contribution in [-0.2, 0) is 11.2 Å². The number of aromatic nitrogens is 1. The van der Waals surface area contributed by atoms with E-state index in [0.29, 0.717) is 17.8 Å². The van der Waals surface area contributed by atoms with Crippen molar-refractivity contribution in [1.82, 2.24) is 9.88 Å². The first-order valence-electron chi connectivity index (χ1n) is 8.30. The predicted octanol–water partition coefficient (Wildman–Crippen LogP) is 3.89. The second-order valence-corrected chi connectivity index (χ2v) is 7.39. The molecule has 0 aliphatic carbocycles. The molecule has 4 nitrogen and oxygen atoms in total. The van der Waals surface area contributed by atoms with E-state index < -0.39 is 0 Å². The molecule has 4 rings (SSSR count). The van der Waals surface area contributed by atoms with Gasteiger partial charge in [-0.05, 0) is 49.4 Å². The zero-order valence-corrected chi connectivity index (χ0v) is 14.3. The third-order valence-corrected chi connectivity index (χ3v) is 5.92. The SMILES string of the molecule is C[C@H]1c2ccc(F)cc2CCN1C(=O)c1cnc([C@@H]2CCCO2)s1. The third kappa shape index (κ3) is 2.74. The summed E-state index contributed by atoms with van der Waals surface area (Å²) in [5.41, 5.74) is 2.02. The van der Waals surface area contributed by atoms with Crippen molar-refractivity contribution in [2.75, 3.05) is 13.2 Å². The van der Waals surface area contributed by atoms with Crippen LogP contribution >= 0.6 is 11.3 Å². The van der Waals surface area contributed by atoms with Gasteiger partial charge in [0.15, 0.2) is 0 Å². The molecular weight excluding hydrogens is 327 g/mol. The van der Waals surface area contributed by atoms with Crippen molar-refractivity contribution >= 4 is 17.2 Å². The van der Waals surface area contributed by atoms with Crippen molar-refractivity contribution in [3.63, 3.8) is 0 Å². The van der Waals surface area contributed by atoms with Gasteiger partial charge in [0.25, 0.3) is 5.91 Å². The minimum atomic E-state index is -0.218. The Morgan fingerprint density at radius 2 is 2.33 bits per heavy atom. The van der Waals surface area contributed by atoms with Crippen LogP contribution in [0, 0.1) is 5.82 Å². The standard InChI is InChI=1S/C18H19FN2O2S/c1-11-14-5-4-13(19)9-12(14)6-7-21(11)18(22)16-10-20-17(24-16)15-3-2-8-23-15/h4-5,9-11,15H,2-3,6-8H2,1H3/t11-,15-/m0/s1. The number of carbonyl (C=O) groups is 1. The normalized spacial score (nSPS) is 23.3. The van der Waals surface area contributed by atoms with Gasteiger partial charge in [-0.3, -0.25) is 4.79 Å². The van der Waals surface area contributed by atoms with Crippen LogP contribution in [0.5, 0.6) is 0 Å². The molecule has 24 heavy (non-hydrogen) atoms. The van der Waals surface area contributed by atoms with Crippen LogP contribution < -0.4 is 0 Å². The lowest BCUT2D eigenvalue weighted by atomic mass is 9.93. The van der Waals surface area contributed by atoms with E-state index in [-0.39, 0.29) is 23.9 Å². The molecule has 6 heteroatoms. The number of hydrogen-bond donors (Lipinski definition) is 0. The molecule has 3 heterocycles. The molecule has 1 aromatic heterocycles. The average molecular weight is 346 g/mol. The number of fused-ring (bicyclic) bond motifs is 1. The maximum Gasteiger partial charge on any atom is 0.266 e. The molecule has 0 spiro atoms. The lowest BCUT2D eigenvalue weighted by Crippen LogP contribution is -2.38. The summed E-state index contributed by atoms with van der Waals surface area (Å²) >= 11 is 1.43. The van der Waals surface area contributed by atoms with Gasteiger partial charge in [0.05, 0.1) is 12.2 Å². The molecule has 0 unspecified atom stereocenters. The number of rotatable bonds is 2. The van der Waals surface area contributed by atoms with Crippen molar-refractivity contribution < 1.29 is 13.9 Å². The van der Waals surface area contributed by atoms with Crippen LogP contribution in [0.15, 0.2) is 24.4 Å². The van der Waals surface area contributed by atoms with E-state index >= 15 is 0 Å². The predicted molar refractivity (Wildman–Crippen MR) is 89.6 cm³/mol. The number of halogens is 1. The largest absolute Gasteiger partial charge is 0.371 e. The number of benzene rings is 1. The molecule has 1 aromatic carbocycles. The molecule has 2 aromatic rings. The summed E-state index contributed by atoms with van der Waals surface area (Å²) < 4.78 is 19.0. The van der Waals surface area contributed by atoms with Crippen molar-refractivity contribution in [3.8, 4) is 0 Å². The zero-order chi connectivity index (χ0) is 16.7. The van der Waals surface area contributed by atoms with Crippen molar-refractivity contribution in [3.05, 3.63) is 51.2 Å². The van der Waals surface area contributed by atoms with E-state index in [1.807, 2.05) is 11.8 Å². The smallest absolute Gasteiger partial charge is 0.266 e. The van der Waals surface area contributed by atoms with E-state index in [1.165, 1.54) is 17.4 Å². The third-order valence-electron chi connectivity index (χ3n) is 4.85. The van der Waals surface area contributed by atoms with Gasteiger partial charge in [0.2, 0.25) is 0 Å².